The van der Waals surface area contributed by atoms with Crippen molar-refractivity contribution in [2.75, 3.05) is 5.32 Å². The van der Waals surface area contributed by atoms with Gasteiger partial charge in [-0.1, -0.05) is 13.8 Å². The molecule has 2 heterocycles. The number of aromatic amines is 1. The molecule has 0 spiro atoms. The molecule has 19 heavy (non-hydrogen) atoms. The van der Waals surface area contributed by atoms with Crippen LogP contribution in [-0.4, -0.2) is 25.9 Å². The first-order valence-electron chi connectivity index (χ1n) is 6.75. The van der Waals surface area contributed by atoms with Crippen molar-refractivity contribution in [3.05, 3.63) is 22.6 Å². The van der Waals surface area contributed by atoms with Crippen LogP contribution >= 0.6 is 0 Å². The van der Waals surface area contributed by atoms with E-state index in [0.717, 1.165) is 18.7 Å². The van der Waals surface area contributed by atoms with Gasteiger partial charge in [-0.25, -0.2) is 9.89 Å². The monoisotopic (exact) mass is 261 g/mol. The van der Waals surface area contributed by atoms with Crippen LogP contribution in [0.4, 0.5) is 5.82 Å². The summed E-state index contributed by atoms with van der Waals surface area (Å²) >= 11 is 0. The molecule has 0 amide bonds. The minimum atomic E-state index is -0.302. The van der Waals surface area contributed by atoms with Gasteiger partial charge in [-0.2, -0.15) is 9.61 Å². The van der Waals surface area contributed by atoms with Crippen molar-refractivity contribution in [2.24, 2.45) is 5.41 Å². The van der Waals surface area contributed by atoms with E-state index in [1.165, 1.54) is 17.4 Å². The lowest BCUT2D eigenvalue weighted by molar-refractivity contribution is 0.232. The summed E-state index contributed by atoms with van der Waals surface area (Å²) < 4.78 is 1.29. The van der Waals surface area contributed by atoms with Gasteiger partial charge in [-0.3, -0.25) is 0 Å². The van der Waals surface area contributed by atoms with Gasteiger partial charge in [0.1, 0.15) is 5.82 Å². The summed E-state index contributed by atoms with van der Waals surface area (Å²) in [6, 6.07) is 4.11. The number of aromatic nitrogens is 4. The molecule has 1 aliphatic carbocycles. The van der Waals surface area contributed by atoms with Crippen molar-refractivity contribution in [3.8, 4) is 0 Å². The van der Waals surface area contributed by atoms with Crippen molar-refractivity contribution in [1.29, 1.82) is 0 Å². The van der Waals surface area contributed by atoms with Gasteiger partial charge in [-0.15, -0.1) is 5.10 Å². The SMILES string of the molecule is CC1(C)CCC(Nc2ccc3n[nH]c(=O)n3n2)CC1. The summed E-state index contributed by atoms with van der Waals surface area (Å²) in [5.74, 6) is 0.737. The van der Waals surface area contributed by atoms with Gasteiger partial charge in [0.05, 0.1) is 0 Å². The fraction of sp³-hybridized carbons (Fsp3) is 0.615. The first-order valence-corrected chi connectivity index (χ1v) is 6.75. The highest BCUT2D eigenvalue weighted by molar-refractivity contribution is 5.43. The van der Waals surface area contributed by atoms with Crippen molar-refractivity contribution in [3.63, 3.8) is 0 Å². The molecule has 2 aromatic heterocycles. The Balaban J connectivity index is 1.75. The molecular formula is C13H19N5O. The molecule has 2 aromatic rings. The molecule has 3 rings (SSSR count). The number of nitrogens with zero attached hydrogens (tertiary/aromatic N) is 3. The van der Waals surface area contributed by atoms with Crippen LogP contribution in [0.2, 0.25) is 0 Å². The molecule has 0 unspecified atom stereocenters. The molecule has 0 atom stereocenters. The van der Waals surface area contributed by atoms with Crippen LogP contribution in [0.25, 0.3) is 5.65 Å². The Bertz CT molecular complexity index is 632. The Labute approximate surface area is 111 Å². The molecular weight excluding hydrogens is 242 g/mol. The molecule has 1 saturated carbocycles. The molecule has 0 saturated heterocycles. The van der Waals surface area contributed by atoms with Gasteiger partial charge < -0.3 is 5.32 Å². The average Bonchev–Trinajstić information content (AvgIpc) is 2.74. The van der Waals surface area contributed by atoms with Gasteiger partial charge >= 0.3 is 5.69 Å². The summed E-state index contributed by atoms with van der Waals surface area (Å²) in [6.45, 7) is 4.64. The van der Waals surface area contributed by atoms with Gasteiger partial charge in [0.25, 0.3) is 0 Å². The molecule has 1 aliphatic rings. The number of nitrogens with one attached hydrogen (secondary N) is 2. The number of fused-ring (bicyclic) bond motifs is 1. The van der Waals surface area contributed by atoms with Crippen LogP contribution in [0.15, 0.2) is 16.9 Å². The molecule has 0 bridgehead atoms. The first-order chi connectivity index (χ1) is 9.03. The molecule has 0 aliphatic heterocycles. The normalized spacial score (nSPS) is 19.7. The van der Waals surface area contributed by atoms with E-state index >= 15 is 0 Å². The minimum absolute atomic E-state index is 0.302. The second-order valence-corrected chi connectivity index (χ2v) is 6.10. The standard InChI is InChI=1S/C13H19N5O/c1-13(2)7-5-9(6-8-13)14-10-3-4-11-15-16-12(19)18(11)17-10/h3-4,9H,5-8H2,1-2H3,(H,14,17)(H,16,19). The van der Waals surface area contributed by atoms with Crippen molar-refractivity contribution >= 4 is 11.5 Å². The second kappa shape index (κ2) is 4.36. The van der Waals surface area contributed by atoms with E-state index in [1.807, 2.05) is 6.07 Å². The predicted molar refractivity (Wildman–Crippen MR) is 73.3 cm³/mol. The lowest BCUT2D eigenvalue weighted by Crippen LogP contribution is -2.30. The lowest BCUT2D eigenvalue weighted by Gasteiger charge is -2.34. The molecule has 1 fully saturated rings. The van der Waals surface area contributed by atoms with E-state index in [0.29, 0.717) is 17.1 Å². The zero-order chi connectivity index (χ0) is 13.5. The number of hydrogen-bond acceptors (Lipinski definition) is 4. The Morgan fingerprint density at radius 3 is 2.84 bits per heavy atom. The van der Waals surface area contributed by atoms with E-state index in [9.17, 15) is 4.79 Å². The average molecular weight is 261 g/mol. The summed E-state index contributed by atoms with van der Waals surface area (Å²) in [5.41, 5.74) is 0.695. The smallest absolute Gasteiger partial charge is 0.364 e. The number of hydrogen-bond donors (Lipinski definition) is 2. The van der Waals surface area contributed by atoms with Gasteiger partial charge in [0, 0.05) is 6.04 Å². The first kappa shape index (κ1) is 12.2. The molecule has 0 radical (unpaired) electrons. The fourth-order valence-corrected chi connectivity index (χ4v) is 2.63. The maximum atomic E-state index is 11.5. The highest BCUT2D eigenvalue weighted by atomic mass is 16.2. The summed E-state index contributed by atoms with van der Waals surface area (Å²) in [7, 11) is 0. The van der Waals surface area contributed by atoms with Gasteiger partial charge in [0.15, 0.2) is 5.65 Å². The van der Waals surface area contributed by atoms with Crippen LogP contribution < -0.4 is 11.0 Å². The van der Waals surface area contributed by atoms with Crippen LogP contribution in [0, 0.1) is 5.41 Å². The van der Waals surface area contributed by atoms with E-state index in [-0.39, 0.29) is 5.69 Å². The molecule has 102 valence electrons. The van der Waals surface area contributed by atoms with E-state index in [2.05, 4.69) is 34.5 Å². The third-order valence-corrected chi connectivity index (χ3v) is 3.96. The van der Waals surface area contributed by atoms with Crippen molar-refractivity contribution in [1.82, 2.24) is 19.8 Å². The predicted octanol–water partition coefficient (Wildman–Crippen LogP) is 1.80. The highest BCUT2D eigenvalue weighted by Gasteiger charge is 2.26. The van der Waals surface area contributed by atoms with Crippen LogP contribution in [-0.2, 0) is 0 Å². The number of rotatable bonds is 2. The molecule has 0 aromatic carbocycles. The van der Waals surface area contributed by atoms with E-state index in [1.54, 1.807) is 6.07 Å². The number of H-pyrrole nitrogens is 1. The zero-order valence-corrected chi connectivity index (χ0v) is 11.3. The Morgan fingerprint density at radius 2 is 2.11 bits per heavy atom. The maximum absolute atomic E-state index is 11.5. The maximum Gasteiger partial charge on any atom is 0.364 e. The Hall–Kier alpha value is -1.85. The summed E-state index contributed by atoms with van der Waals surface area (Å²) in [6.07, 6.45) is 4.73. The largest absolute Gasteiger partial charge is 0.366 e. The Morgan fingerprint density at radius 1 is 1.37 bits per heavy atom. The van der Waals surface area contributed by atoms with Crippen LogP contribution in [0.5, 0.6) is 0 Å². The number of anilines is 1. The van der Waals surface area contributed by atoms with Crippen molar-refractivity contribution in [2.45, 2.75) is 45.6 Å². The zero-order valence-electron chi connectivity index (χ0n) is 11.3. The van der Waals surface area contributed by atoms with Crippen LogP contribution in [0.1, 0.15) is 39.5 Å². The summed E-state index contributed by atoms with van der Waals surface area (Å²) in [5, 5.41) is 13.9. The summed E-state index contributed by atoms with van der Waals surface area (Å²) in [4.78, 5) is 11.5. The van der Waals surface area contributed by atoms with Crippen LogP contribution in [0.3, 0.4) is 0 Å². The van der Waals surface area contributed by atoms with E-state index in [4.69, 9.17) is 0 Å². The van der Waals surface area contributed by atoms with Crippen molar-refractivity contribution < 1.29 is 0 Å². The van der Waals surface area contributed by atoms with Gasteiger partial charge in [0.2, 0.25) is 0 Å². The Kier molecular flexibility index (Phi) is 2.80. The topological polar surface area (TPSA) is 75.1 Å². The molecule has 6 heteroatoms. The quantitative estimate of drug-likeness (QED) is 0.864. The van der Waals surface area contributed by atoms with E-state index < -0.39 is 0 Å². The fourth-order valence-electron chi connectivity index (χ4n) is 2.63. The minimum Gasteiger partial charge on any atom is -0.366 e. The molecule has 6 nitrogen and oxygen atoms in total. The van der Waals surface area contributed by atoms with Gasteiger partial charge in [-0.05, 0) is 43.2 Å². The molecule has 2 N–H and O–H groups in total. The highest BCUT2D eigenvalue weighted by Crippen LogP contribution is 2.35. The second-order valence-electron chi connectivity index (χ2n) is 6.10. The third kappa shape index (κ3) is 2.47. The third-order valence-electron chi connectivity index (χ3n) is 3.96. The lowest BCUT2D eigenvalue weighted by atomic mass is 9.75.